The number of fused-ring (bicyclic) bond motifs is 2. The lowest BCUT2D eigenvalue weighted by Crippen LogP contribution is -2.27. The molecule has 174 valence electrons. The Labute approximate surface area is 194 Å². The molecule has 1 aliphatic rings. The summed E-state index contributed by atoms with van der Waals surface area (Å²) in [7, 11) is 0. The summed E-state index contributed by atoms with van der Waals surface area (Å²) in [5.74, 6) is 0.375. The highest BCUT2D eigenvalue weighted by atomic mass is 19.1. The molecule has 1 aliphatic heterocycles. The summed E-state index contributed by atoms with van der Waals surface area (Å²) in [6, 6.07) is 6.76. The number of aliphatic hydroxyl groups excluding tert-OH is 1. The molecular weight excluding hydrogens is 439 g/mol. The fraction of sp³-hybridized carbons (Fsp3) is 0.250. The molecule has 0 aliphatic carbocycles. The minimum absolute atomic E-state index is 0.107. The van der Waals surface area contributed by atoms with Crippen molar-refractivity contribution in [1.82, 2.24) is 24.7 Å². The van der Waals surface area contributed by atoms with Gasteiger partial charge in [-0.25, -0.2) is 14.4 Å². The predicted octanol–water partition coefficient (Wildman–Crippen LogP) is 2.51. The van der Waals surface area contributed by atoms with Crippen molar-refractivity contribution in [3.63, 3.8) is 0 Å². The zero-order valence-corrected chi connectivity index (χ0v) is 18.5. The molecule has 1 aromatic carbocycles. The lowest BCUT2D eigenvalue weighted by molar-refractivity contribution is 0.0942. The van der Waals surface area contributed by atoms with Crippen molar-refractivity contribution in [3.05, 3.63) is 71.3 Å². The standard InChI is InChI=1S/C24H23FN6O3/c1-14-15(3-2-7-26-14)18-12-29-24(31-13-30-21(22(18)31)23(33)27-8-9-32)28-11-17-16-6-10-34-20(16)5-4-19(17)25/h2-5,7,12-13,32H,6,8-11H2,1H3,(H,27,33)(H,28,29). The second-order valence-corrected chi connectivity index (χ2v) is 7.88. The first-order chi connectivity index (χ1) is 16.6. The Morgan fingerprint density at radius 1 is 1.24 bits per heavy atom. The number of rotatable bonds is 7. The number of benzene rings is 1. The molecular formula is C24H23FN6O3. The van der Waals surface area contributed by atoms with Crippen molar-refractivity contribution in [2.75, 3.05) is 25.1 Å². The van der Waals surface area contributed by atoms with E-state index in [-0.39, 0.29) is 31.2 Å². The van der Waals surface area contributed by atoms with Gasteiger partial charge in [0.25, 0.3) is 5.91 Å². The molecule has 5 rings (SSSR count). The van der Waals surface area contributed by atoms with Gasteiger partial charge < -0.3 is 20.5 Å². The number of hydrogen-bond acceptors (Lipinski definition) is 7. The molecule has 9 nitrogen and oxygen atoms in total. The summed E-state index contributed by atoms with van der Waals surface area (Å²) in [5.41, 5.74) is 4.37. The maximum Gasteiger partial charge on any atom is 0.272 e. The summed E-state index contributed by atoms with van der Waals surface area (Å²) in [6.07, 6.45) is 5.50. The number of imidazole rings is 1. The predicted molar refractivity (Wildman–Crippen MR) is 123 cm³/mol. The van der Waals surface area contributed by atoms with Gasteiger partial charge in [0, 0.05) is 59.9 Å². The van der Waals surface area contributed by atoms with Gasteiger partial charge in [-0.3, -0.25) is 14.2 Å². The number of ether oxygens (including phenoxy) is 1. The summed E-state index contributed by atoms with van der Waals surface area (Å²) in [4.78, 5) is 26.0. The quantitative estimate of drug-likeness (QED) is 0.387. The van der Waals surface area contributed by atoms with Gasteiger partial charge in [0.15, 0.2) is 5.69 Å². The molecule has 4 heterocycles. The van der Waals surface area contributed by atoms with Crippen molar-refractivity contribution in [1.29, 1.82) is 0 Å². The Balaban J connectivity index is 1.58. The molecule has 0 fully saturated rings. The molecule has 10 heteroatoms. The van der Waals surface area contributed by atoms with E-state index in [1.54, 1.807) is 22.9 Å². The van der Waals surface area contributed by atoms with Crippen LogP contribution < -0.4 is 15.4 Å². The Bertz CT molecular complexity index is 1390. The first-order valence-corrected chi connectivity index (χ1v) is 10.9. The fourth-order valence-electron chi connectivity index (χ4n) is 4.21. The minimum Gasteiger partial charge on any atom is -0.493 e. The largest absolute Gasteiger partial charge is 0.493 e. The van der Waals surface area contributed by atoms with Gasteiger partial charge in [0.2, 0.25) is 5.95 Å². The number of hydrogen-bond donors (Lipinski definition) is 3. The number of halogens is 1. The van der Waals surface area contributed by atoms with E-state index in [1.165, 1.54) is 12.4 Å². The number of carbonyl (C=O) groups is 1. The number of amides is 1. The van der Waals surface area contributed by atoms with Crippen LogP contribution in [0.15, 0.2) is 43.0 Å². The van der Waals surface area contributed by atoms with Crippen molar-refractivity contribution >= 4 is 17.4 Å². The highest BCUT2D eigenvalue weighted by Gasteiger charge is 2.22. The number of carbonyl (C=O) groups excluding carboxylic acids is 1. The van der Waals surface area contributed by atoms with Crippen LogP contribution in [0.3, 0.4) is 0 Å². The molecule has 34 heavy (non-hydrogen) atoms. The second kappa shape index (κ2) is 9.06. The number of nitrogens with zero attached hydrogens (tertiary/aromatic N) is 4. The van der Waals surface area contributed by atoms with Gasteiger partial charge >= 0.3 is 0 Å². The van der Waals surface area contributed by atoms with E-state index in [4.69, 9.17) is 9.84 Å². The maximum absolute atomic E-state index is 14.6. The molecule has 4 aromatic rings. The van der Waals surface area contributed by atoms with Crippen LogP contribution in [0.5, 0.6) is 5.75 Å². The van der Waals surface area contributed by atoms with Crippen molar-refractivity contribution < 1.29 is 19.0 Å². The summed E-state index contributed by atoms with van der Waals surface area (Å²) >= 11 is 0. The highest BCUT2D eigenvalue weighted by molar-refractivity contribution is 6.03. The van der Waals surface area contributed by atoms with Crippen LogP contribution in [-0.4, -0.2) is 50.1 Å². The average molecular weight is 462 g/mol. The van der Waals surface area contributed by atoms with Gasteiger partial charge in [-0.1, -0.05) is 6.07 Å². The van der Waals surface area contributed by atoms with E-state index in [0.717, 1.165) is 16.8 Å². The molecule has 0 saturated heterocycles. The monoisotopic (exact) mass is 462 g/mol. The number of aryl methyl sites for hydroxylation is 1. The van der Waals surface area contributed by atoms with Crippen molar-refractivity contribution in [2.45, 2.75) is 19.9 Å². The zero-order chi connectivity index (χ0) is 23.7. The van der Waals surface area contributed by atoms with E-state index < -0.39 is 5.91 Å². The summed E-state index contributed by atoms with van der Waals surface area (Å²) < 4.78 is 21.8. The van der Waals surface area contributed by atoms with Crippen LogP contribution in [0, 0.1) is 12.7 Å². The number of nitrogens with one attached hydrogen (secondary N) is 2. The number of aliphatic hydroxyl groups is 1. The van der Waals surface area contributed by atoms with E-state index in [0.29, 0.717) is 41.4 Å². The van der Waals surface area contributed by atoms with Gasteiger partial charge in [-0.05, 0) is 25.1 Å². The Morgan fingerprint density at radius 2 is 2.12 bits per heavy atom. The lowest BCUT2D eigenvalue weighted by atomic mass is 10.0. The van der Waals surface area contributed by atoms with E-state index in [1.807, 2.05) is 19.1 Å². The minimum atomic E-state index is -0.416. The second-order valence-electron chi connectivity index (χ2n) is 7.88. The third kappa shape index (κ3) is 3.81. The van der Waals surface area contributed by atoms with Crippen LogP contribution >= 0.6 is 0 Å². The SMILES string of the molecule is Cc1ncccc1-c1cnc(NCc2c(F)ccc3c2CCO3)n2cnc(C(=O)NCCO)c12. The molecule has 1 amide bonds. The first-order valence-electron chi connectivity index (χ1n) is 10.9. The number of pyridine rings is 1. The Kier molecular flexibility index (Phi) is 5.81. The molecule has 0 radical (unpaired) electrons. The third-order valence-corrected chi connectivity index (χ3v) is 5.84. The third-order valence-electron chi connectivity index (χ3n) is 5.84. The molecule has 0 saturated carbocycles. The normalized spacial score (nSPS) is 12.4. The average Bonchev–Trinajstić information content (AvgIpc) is 3.50. The molecule has 3 aromatic heterocycles. The van der Waals surface area contributed by atoms with Crippen LogP contribution in [0.1, 0.15) is 27.3 Å². The van der Waals surface area contributed by atoms with Crippen LogP contribution in [0.25, 0.3) is 16.6 Å². The van der Waals surface area contributed by atoms with Crippen molar-refractivity contribution in [2.24, 2.45) is 0 Å². The lowest BCUT2D eigenvalue weighted by Gasteiger charge is -2.14. The van der Waals surface area contributed by atoms with Crippen molar-refractivity contribution in [3.8, 4) is 16.9 Å². The molecule has 0 bridgehead atoms. The maximum atomic E-state index is 14.6. The zero-order valence-electron chi connectivity index (χ0n) is 18.5. The molecule has 0 unspecified atom stereocenters. The summed E-state index contributed by atoms with van der Waals surface area (Å²) in [6.45, 7) is 2.52. The topological polar surface area (TPSA) is 114 Å². The van der Waals surface area contributed by atoms with Crippen LogP contribution in [-0.2, 0) is 13.0 Å². The fourth-order valence-corrected chi connectivity index (χ4v) is 4.21. The molecule has 0 atom stereocenters. The van der Waals surface area contributed by atoms with Crippen LogP contribution in [0.2, 0.25) is 0 Å². The summed E-state index contributed by atoms with van der Waals surface area (Å²) in [5, 5.41) is 14.9. The van der Waals surface area contributed by atoms with E-state index in [2.05, 4.69) is 25.6 Å². The Morgan fingerprint density at radius 3 is 2.94 bits per heavy atom. The van der Waals surface area contributed by atoms with Gasteiger partial charge in [-0.2, -0.15) is 0 Å². The van der Waals surface area contributed by atoms with Gasteiger partial charge in [-0.15, -0.1) is 0 Å². The van der Waals surface area contributed by atoms with E-state index in [9.17, 15) is 9.18 Å². The van der Waals surface area contributed by atoms with Gasteiger partial charge in [0.1, 0.15) is 17.9 Å². The van der Waals surface area contributed by atoms with Crippen LogP contribution in [0.4, 0.5) is 10.3 Å². The smallest absolute Gasteiger partial charge is 0.272 e. The van der Waals surface area contributed by atoms with E-state index >= 15 is 0 Å². The highest BCUT2D eigenvalue weighted by Crippen LogP contribution is 2.32. The number of anilines is 1. The first kappa shape index (κ1) is 21.8. The molecule has 0 spiro atoms. The molecule has 3 N–H and O–H groups in total. The Hall–Kier alpha value is -4.05. The van der Waals surface area contributed by atoms with Gasteiger partial charge in [0.05, 0.1) is 18.7 Å². The number of aromatic nitrogens is 4.